The molecule has 1 atom stereocenters. The van der Waals surface area contributed by atoms with Gasteiger partial charge < -0.3 is 10.4 Å². The lowest BCUT2D eigenvalue weighted by atomic mass is 9.97. The van der Waals surface area contributed by atoms with Gasteiger partial charge in [-0.15, -0.1) is 0 Å². The second kappa shape index (κ2) is 7.03. The monoisotopic (exact) mass is 390 g/mol. The number of benzene rings is 2. The molecule has 0 fully saturated rings. The number of hydrogen-bond donors (Lipinski definition) is 2. The smallest absolute Gasteiger partial charge is 0.262 e. The fraction of sp³-hybridized carbons (Fsp3) is 0.200. The molecule has 3 rings (SSSR count). The molecule has 0 aliphatic rings. The van der Waals surface area contributed by atoms with Crippen molar-refractivity contribution in [3.63, 3.8) is 0 Å². The fourth-order valence-electron chi connectivity index (χ4n) is 3.36. The molecule has 3 aromatic rings. The van der Waals surface area contributed by atoms with Crippen LogP contribution < -0.4 is 5.32 Å². The van der Waals surface area contributed by atoms with Crippen molar-refractivity contribution in [2.24, 2.45) is 0 Å². The van der Waals surface area contributed by atoms with Gasteiger partial charge in [-0.1, -0.05) is 0 Å². The molecule has 1 heterocycles. The van der Waals surface area contributed by atoms with E-state index >= 15 is 0 Å². The first kappa shape index (κ1) is 19.5. The average molecular weight is 390 g/mol. The lowest BCUT2D eigenvalue weighted by Crippen LogP contribution is -2.24. The van der Waals surface area contributed by atoms with Crippen LogP contribution in [0, 0.1) is 24.4 Å². The highest BCUT2D eigenvalue weighted by Gasteiger charge is 2.27. The third-order valence-electron chi connectivity index (χ3n) is 4.76. The summed E-state index contributed by atoms with van der Waals surface area (Å²) >= 11 is 0. The summed E-state index contributed by atoms with van der Waals surface area (Å²) in [7, 11) is 1.46. The zero-order valence-electron chi connectivity index (χ0n) is 15.3. The van der Waals surface area contributed by atoms with Gasteiger partial charge in [0.05, 0.1) is 11.4 Å². The lowest BCUT2D eigenvalue weighted by molar-refractivity contribution is -0.121. The summed E-state index contributed by atoms with van der Waals surface area (Å²) in [6.07, 6.45) is 0. The van der Waals surface area contributed by atoms with Gasteiger partial charge in [0, 0.05) is 29.8 Å². The number of hydrogen-bond acceptors (Lipinski definition) is 3. The molecule has 1 amide bonds. The number of carbonyl (C=O) groups excluding carboxylic acids is 2. The van der Waals surface area contributed by atoms with Gasteiger partial charge in [0.2, 0.25) is 5.91 Å². The van der Waals surface area contributed by atoms with E-state index in [0.29, 0.717) is 16.6 Å². The van der Waals surface area contributed by atoms with Crippen LogP contribution in [0.1, 0.15) is 34.5 Å². The Hall–Kier alpha value is -3.29. The minimum absolute atomic E-state index is 0.105. The third kappa shape index (κ3) is 3.00. The van der Waals surface area contributed by atoms with E-state index in [1.807, 2.05) is 0 Å². The predicted octanol–water partition coefficient (Wildman–Crippen LogP) is 3.61. The Balaban J connectivity index is 2.31. The number of phenols is 1. The second-order valence-electron chi connectivity index (χ2n) is 6.43. The van der Waals surface area contributed by atoms with Gasteiger partial charge in [-0.05, 0) is 43.7 Å². The molecule has 0 spiro atoms. The Morgan fingerprint density at radius 2 is 1.75 bits per heavy atom. The largest absolute Gasteiger partial charge is 0.505 e. The van der Waals surface area contributed by atoms with Crippen LogP contribution in [0.25, 0.3) is 10.9 Å². The van der Waals surface area contributed by atoms with Crippen molar-refractivity contribution in [2.75, 3.05) is 7.05 Å². The number of aromatic nitrogens is 1. The predicted molar refractivity (Wildman–Crippen MR) is 96.9 cm³/mol. The first-order chi connectivity index (χ1) is 13.2. The zero-order chi connectivity index (χ0) is 20.7. The number of nitrogens with zero attached hydrogens (tertiary/aromatic N) is 1. The maximum Gasteiger partial charge on any atom is 0.262 e. The topological polar surface area (TPSA) is 71.3 Å². The van der Waals surface area contributed by atoms with Crippen molar-refractivity contribution in [3.8, 4) is 5.75 Å². The van der Waals surface area contributed by atoms with Crippen LogP contribution in [0.3, 0.4) is 0 Å². The van der Waals surface area contributed by atoms with E-state index in [9.17, 15) is 27.9 Å². The van der Waals surface area contributed by atoms with Crippen molar-refractivity contribution < 1.29 is 27.9 Å². The van der Waals surface area contributed by atoms with Crippen molar-refractivity contribution in [1.82, 2.24) is 9.88 Å². The summed E-state index contributed by atoms with van der Waals surface area (Å²) in [5.41, 5.74) is 0.700. The van der Waals surface area contributed by atoms with Crippen LogP contribution in [-0.4, -0.2) is 28.5 Å². The van der Waals surface area contributed by atoms with Gasteiger partial charge in [-0.3, -0.25) is 14.2 Å². The Labute approximate surface area is 158 Å². The summed E-state index contributed by atoms with van der Waals surface area (Å²) in [5.74, 6) is -5.65. The van der Waals surface area contributed by atoms with Gasteiger partial charge in [0.1, 0.15) is 0 Å². The standard InChI is InChI=1S/C20H17F3N2O3/c1-9(19(27)24-3)18-10(2)25(16-8-15(23)17(26)7-12(16)18)20(28)11-4-5-13(21)14(22)6-11/h4-9,26H,1-3H3,(H,24,27). The van der Waals surface area contributed by atoms with Gasteiger partial charge in [0.15, 0.2) is 23.2 Å². The first-order valence-corrected chi connectivity index (χ1v) is 8.42. The van der Waals surface area contributed by atoms with Crippen LogP contribution in [0.5, 0.6) is 5.75 Å². The summed E-state index contributed by atoms with van der Waals surface area (Å²) in [5, 5.41) is 12.6. The zero-order valence-corrected chi connectivity index (χ0v) is 15.3. The van der Waals surface area contributed by atoms with E-state index in [1.165, 1.54) is 7.05 Å². The molecule has 1 aromatic heterocycles. The Kier molecular flexibility index (Phi) is 4.89. The van der Waals surface area contributed by atoms with Crippen LogP contribution in [0.15, 0.2) is 30.3 Å². The number of fused-ring (bicyclic) bond motifs is 1. The Morgan fingerprint density at radius 1 is 1.07 bits per heavy atom. The van der Waals surface area contributed by atoms with Gasteiger partial charge >= 0.3 is 0 Å². The maximum atomic E-state index is 14.0. The third-order valence-corrected chi connectivity index (χ3v) is 4.76. The van der Waals surface area contributed by atoms with Gasteiger partial charge in [-0.25, -0.2) is 13.2 Å². The number of likely N-dealkylation sites (N-methyl/N-ethyl adjacent to an activating group) is 1. The molecule has 0 radical (unpaired) electrons. The molecule has 1 unspecified atom stereocenters. The summed E-state index contributed by atoms with van der Waals surface area (Å²) in [6.45, 7) is 3.16. The summed E-state index contributed by atoms with van der Waals surface area (Å²) in [6, 6.07) is 4.80. The molecule has 8 heteroatoms. The quantitative estimate of drug-likeness (QED) is 0.718. The Bertz CT molecular complexity index is 1120. The molecule has 5 nitrogen and oxygen atoms in total. The summed E-state index contributed by atoms with van der Waals surface area (Å²) in [4.78, 5) is 25.2. The molecule has 0 aliphatic heterocycles. The van der Waals surface area contributed by atoms with Crippen molar-refractivity contribution in [3.05, 3.63) is 64.6 Å². The van der Waals surface area contributed by atoms with E-state index in [1.54, 1.807) is 13.8 Å². The molecule has 0 bridgehead atoms. The summed E-state index contributed by atoms with van der Waals surface area (Å²) < 4.78 is 41.9. The van der Waals surface area contributed by atoms with Crippen molar-refractivity contribution in [1.29, 1.82) is 0 Å². The molecule has 2 N–H and O–H groups in total. The highest BCUT2D eigenvalue weighted by Crippen LogP contribution is 2.36. The lowest BCUT2D eigenvalue weighted by Gasteiger charge is -2.12. The van der Waals surface area contributed by atoms with Crippen molar-refractivity contribution >= 4 is 22.7 Å². The minimum atomic E-state index is -1.19. The highest BCUT2D eigenvalue weighted by atomic mass is 19.2. The van der Waals surface area contributed by atoms with Crippen LogP contribution >= 0.6 is 0 Å². The number of rotatable bonds is 3. The number of halogens is 3. The molecular weight excluding hydrogens is 373 g/mol. The van der Waals surface area contributed by atoms with Crippen LogP contribution in [0.4, 0.5) is 13.2 Å². The normalized spacial score (nSPS) is 12.2. The fourth-order valence-corrected chi connectivity index (χ4v) is 3.36. The number of amides is 1. The molecule has 2 aromatic carbocycles. The SMILES string of the molecule is CNC(=O)C(C)c1c(C)n(C(=O)c2ccc(F)c(F)c2)c2cc(F)c(O)cc12. The molecule has 0 saturated carbocycles. The van der Waals surface area contributed by atoms with E-state index in [-0.39, 0.29) is 17.0 Å². The number of nitrogens with one attached hydrogen (secondary N) is 1. The van der Waals surface area contributed by atoms with Gasteiger partial charge in [-0.2, -0.15) is 0 Å². The number of phenolic OH excluding ortho intramolecular Hbond substituents is 1. The number of carbonyl (C=O) groups is 2. The highest BCUT2D eigenvalue weighted by molar-refractivity contribution is 6.05. The molecule has 28 heavy (non-hydrogen) atoms. The first-order valence-electron chi connectivity index (χ1n) is 8.42. The Morgan fingerprint density at radius 3 is 2.36 bits per heavy atom. The van der Waals surface area contributed by atoms with E-state index in [4.69, 9.17) is 0 Å². The van der Waals surface area contributed by atoms with Crippen LogP contribution in [-0.2, 0) is 4.79 Å². The van der Waals surface area contributed by atoms with Crippen LogP contribution in [0.2, 0.25) is 0 Å². The minimum Gasteiger partial charge on any atom is -0.505 e. The maximum absolute atomic E-state index is 14.0. The molecule has 146 valence electrons. The van der Waals surface area contributed by atoms with Gasteiger partial charge in [0.25, 0.3) is 5.91 Å². The second-order valence-corrected chi connectivity index (χ2v) is 6.43. The molecule has 0 saturated heterocycles. The van der Waals surface area contributed by atoms with E-state index in [2.05, 4.69) is 5.32 Å². The van der Waals surface area contributed by atoms with E-state index < -0.39 is 35.0 Å². The van der Waals surface area contributed by atoms with E-state index in [0.717, 1.165) is 34.9 Å². The average Bonchev–Trinajstić information content (AvgIpc) is 2.93. The number of aromatic hydroxyl groups is 1. The molecule has 0 aliphatic carbocycles. The molecular formula is C20H17F3N2O3. The van der Waals surface area contributed by atoms with Crippen molar-refractivity contribution in [2.45, 2.75) is 19.8 Å².